The molecule has 3 atom stereocenters. The SMILES string of the molecule is COc1ccc(COC(=O)C2=C(/C=C/[C@H]3CCN(C)O3)CS[C@@H]3[C@H](N)C(=O)N23)cc1. The predicted octanol–water partition coefficient (Wildman–Crippen LogP) is 1.43. The van der Waals surface area contributed by atoms with Crippen LogP contribution in [-0.2, 0) is 25.8 Å². The van der Waals surface area contributed by atoms with Crippen LogP contribution in [0.2, 0.25) is 0 Å². The van der Waals surface area contributed by atoms with Gasteiger partial charge in [0.05, 0.1) is 13.2 Å². The molecule has 0 unspecified atom stereocenters. The van der Waals surface area contributed by atoms with Crippen LogP contribution in [0, 0.1) is 0 Å². The first kappa shape index (κ1) is 20.9. The van der Waals surface area contributed by atoms with Crippen molar-refractivity contribution in [2.45, 2.75) is 30.5 Å². The number of rotatable bonds is 6. The molecule has 30 heavy (non-hydrogen) atoms. The van der Waals surface area contributed by atoms with Gasteiger partial charge in [-0.25, -0.2) is 4.79 Å². The first-order valence-corrected chi connectivity index (χ1v) is 10.8. The van der Waals surface area contributed by atoms with E-state index in [9.17, 15) is 9.59 Å². The van der Waals surface area contributed by atoms with Gasteiger partial charge in [0, 0.05) is 19.3 Å². The van der Waals surface area contributed by atoms with E-state index in [0.29, 0.717) is 5.75 Å². The van der Waals surface area contributed by atoms with Gasteiger partial charge in [0.15, 0.2) is 0 Å². The van der Waals surface area contributed by atoms with Gasteiger partial charge in [-0.3, -0.25) is 14.5 Å². The molecule has 4 rings (SSSR count). The summed E-state index contributed by atoms with van der Waals surface area (Å²) < 4.78 is 10.7. The van der Waals surface area contributed by atoms with E-state index in [0.717, 1.165) is 29.9 Å². The van der Waals surface area contributed by atoms with E-state index in [1.807, 2.05) is 31.3 Å². The number of hydrogen-bond acceptors (Lipinski definition) is 8. The number of amides is 1. The fraction of sp³-hybridized carbons (Fsp3) is 0.429. The van der Waals surface area contributed by atoms with Crippen LogP contribution in [-0.4, -0.2) is 65.8 Å². The quantitative estimate of drug-likeness (QED) is 0.534. The molecule has 3 heterocycles. The van der Waals surface area contributed by atoms with Gasteiger partial charge in [0.1, 0.15) is 29.5 Å². The number of hydroxylamine groups is 2. The minimum atomic E-state index is -0.586. The fourth-order valence-electron chi connectivity index (χ4n) is 3.60. The third-order valence-electron chi connectivity index (χ3n) is 5.32. The third-order valence-corrected chi connectivity index (χ3v) is 6.64. The Bertz CT molecular complexity index is 885. The molecule has 0 saturated carbocycles. The second-order valence-electron chi connectivity index (χ2n) is 7.38. The van der Waals surface area contributed by atoms with Crippen molar-refractivity contribution in [3.8, 4) is 5.75 Å². The van der Waals surface area contributed by atoms with Crippen LogP contribution in [0.1, 0.15) is 12.0 Å². The van der Waals surface area contributed by atoms with Crippen LogP contribution in [0.3, 0.4) is 0 Å². The summed E-state index contributed by atoms with van der Waals surface area (Å²) in [5.74, 6) is 0.521. The highest BCUT2D eigenvalue weighted by molar-refractivity contribution is 8.00. The standard InChI is InChI=1S/C21H25N3O5S/c1-23-10-9-16(29-23)8-5-14-12-30-20-17(22)19(25)24(20)18(14)21(26)28-11-13-3-6-15(27-2)7-4-13/h3-8,16-17,20H,9-12,22H2,1-2H3/b8-5+/t16-,17+,20+/m0/s1. The fourth-order valence-corrected chi connectivity index (χ4v) is 4.86. The van der Waals surface area contributed by atoms with Crippen molar-refractivity contribution in [2.75, 3.05) is 26.5 Å². The Morgan fingerprint density at radius 1 is 1.37 bits per heavy atom. The maximum absolute atomic E-state index is 13.0. The largest absolute Gasteiger partial charge is 0.497 e. The molecule has 2 fully saturated rings. The molecule has 0 spiro atoms. The molecular formula is C21H25N3O5S. The summed E-state index contributed by atoms with van der Waals surface area (Å²) in [5.41, 5.74) is 7.78. The summed E-state index contributed by atoms with van der Waals surface area (Å²) in [6.07, 6.45) is 4.63. The number of methoxy groups -OCH3 is 1. The zero-order valence-corrected chi connectivity index (χ0v) is 17.8. The second kappa shape index (κ2) is 8.81. The van der Waals surface area contributed by atoms with Crippen molar-refractivity contribution in [1.29, 1.82) is 0 Å². The van der Waals surface area contributed by atoms with E-state index in [4.69, 9.17) is 20.0 Å². The van der Waals surface area contributed by atoms with Crippen molar-refractivity contribution >= 4 is 23.6 Å². The molecule has 3 aliphatic rings. The summed E-state index contributed by atoms with van der Waals surface area (Å²) in [6.45, 7) is 0.951. The van der Waals surface area contributed by atoms with Gasteiger partial charge >= 0.3 is 5.97 Å². The number of esters is 1. The Labute approximate surface area is 179 Å². The van der Waals surface area contributed by atoms with Crippen molar-refractivity contribution in [2.24, 2.45) is 5.73 Å². The highest BCUT2D eigenvalue weighted by Crippen LogP contribution is 2.40. The summed E-state index contributed by atoms with van der Waals surface area (Å²) in [4.78, 5) is 32.5. The van der Waals surface area contributed by atoms with Gasteiger partial charge in [-0.1, -0.05) is 24.3 Å². The van der Waals surface area contributed by atoms with Crippen LogP contribution in [0.25, 0.3) is 0 Å². The molecule has 1 amide bonds. The van der Waals surface area contributed by atoms with Gasteiger partial charge in [0.25, 0.3) is 0 Å². The number of thioether (sulfide) groups is 1. The van der Waals surface area contributed by atoms with Crippen LogP contribution in [0.5, 0.6) is 5.75 Å². The number of ether oxygens (including phenoxy) is 2. The molecule has 3 aliphatic heterocycles. The molecular weight excluding hydrogens is 406 g/mol. The topological polar surface area (TPSA) is 94.3 Å². The number of carbonyl (C=O) groups is 2. The zero-order valence-electron chi connectivity index (χ0n) is 16.9. The van der Waals surface area contributed by atoms with Gasteiger partial charge < -0.3 is 15.2 Å². The van der Waals surface area contributed by atoms with Crippen LogP contribution < -0.4 is 10.5 Å². The molecule has 1 aromatic rings. The van der Waals surface area contributed by atoms with E-state index in [-0.39, 0.29) is 29.7 Å². The van der Waals surface area contributed by atoms with Gasteiger partial charge in [0.2, 0.25) is 5.91 Å². The number of allylic oxidation sites excluding steroid dienone is 1. The minimum Gasteiger partial charge on any atom is -0.497 e. The maximum Gasteiger partial charge on any atom is 0.355 e. The molecule has 2 saturated heterocycles. The molecule has 160 valence electrons. The average molecular weight is 432 g/mol. The predicted molar refractivity (Wildman–Crippen MR) is 112 cm³/mol. The Kier molecular flexibility index (Phi) is 6.14. The number of carbonyl (C=O) groups excluding carboxylic acids is 2. The summed E-state index contributed by atoms with van der Waals surface area (Å²) in [5, 5.41) is 1.56. The van der Waals surface area contributed by atoms with Gasteiger partial charge in [-0.15, -0.1) is 11.8 Å². The zero-order chi connectivity index (χ0) is 21.3. The second-order valence-corrected chi connectivity index (χ2v) is 8.48. The lowest BCUT2D eigenvalue weighted by Crippen LogP contribution is -2.68. The molecule has 0 radical (unpaired) electrons. The van der Waals surface area contributed by atoms with Crippen molar-refractivity contribution in [3.05, 3.63) is 53.3 Å². The molecule has 0 bridgehead atoms. The Morgan fingerprint density at radius 2 is 2.13 bits per heavy atom. The molecule has 8 nitrogen and oxygen atoms in total. The third kappa shape index (κ3) is 4.11. The summed E-state index contributed by atoms with van der Waals surface area (Å²) in [7, 11) is 3.48. The molecule has 0 aromatic heterocycles. The van der Waals surface area contributed by atoms with Crippen LogP contribution >= 0.6 is 11.8 Å². The van der Waals surface area contributed by atoms with Crippen molar-refractivity contribution in [1.82, 2.24) is 9.96 Å². The Morgan fingerprint density at radius 3 is 2.80 bits per heavy atom. The number of benzene rings is 1. The number of hydrogen-bond donors (Lipinski definition) is 1. The highest BCUT2D eigenvalue weighted by Gasteiger charge is 2.51. The first-order chi connectivity index (χ1) is 14.5. The summed E-state index contributed by atoms with van der Waals surface area (Å²) in [6, 6.07) is 6.69. The lowest BCUT2D eigenvalue weighted by molar-refractivity contribution is -0.151. The van der Waals surface area contributed by atoms with Crippen molar-refractivity contribution in [3.63, 3.8) is 0 Å². The number of nitrogens with zero attached hydrogens (tertiary/aromatic N) is 2. The lowest BCUT2D eigenvalue weighted by atomic mass is 10.0. The smallest absolute Gasteiger partial charge is 0.355 e. The van der Waals surface area contributed by atoms with E-state index in [1.54, 1.807) is 36.1 Å². The Balaban J connectivity index is 1.52. The van der Waals surface area contributed by atoms with Gasteiger partial charge in [-0.05, 0) is 29.7 Å². The van der Waals surface area contributed by atoms with E-state index >= 15 is 0 Å². The van der Waals surface area contributed by atoms with Crippen LogP contribution in [0.4, 0.5) is 0 Å². The lowest BCUT2D eigenvalue weighted by Gasteiger charge is -2.48. The Hall–Kier alpha value is -2.33. The van der Waals surface area contributed by atoms with Gasteiger partial charge in [-0.2, -0.15) is 5.06 Å². The maximum atomic E-state index is 13.0. The number of β-lactam (4-membered cyclic amide) rings is 1. The number of nitrogens with two attached hydrogens (primary N) is 1. The molecule has 9 heteroatoms. The van der Waals surface area contributed by atoms with E-state index < -0.39 is 12.0 Å². The highest BCUT2D eigenvalue weighted by atomic mass is 32.2. The first-order valence-electron chi connectivity index (χ1n) is 9.77. The molecule has 0 aliphatic carbocycles. The average Bonchev–Trinajstić information content (AvgIpc) is 3.20. The normalized spacial score (nSPS) is 26.7. The van der Waals surface area contributed by atoms with Crippen LogP contribution in [0.15, 0.2) is 47.7 Å². The summed E-state index contributed by atoms with van der Waals surface area (Å²) >= 11 is 1.55. The van der Waals surface area contributed by atoms with E-state index in [1.165, 1.54) is 4.90 Å². The molecule has 1 aromatic carbocycles. The monoisotopic (exact) mass is 431 g/mol. The number of fused-ring (bicyclic) bond motifs is 1. The van der Waals surface area contributed by atoms with Crippen molar-refractivity contribution < 1.29 is 23.9 Å². The molecule has 2 N–H and O–H groups in total. The van der Waals surface area contributed by atoms with E-state index in [2.05, 4.69) is 0 Å². The minimum absolute atomic E-state index is 0.0452.